The number of hydrogen-bond donors (Lipinski definition) is 0. The Labute approximate surface area is 201 Å². The predicted octanol–water partition coefficient (Wildman–Crippen LogP) is 7.07. The molecule has 2 aromatic carbocycles. The second-order valence-electron chi connectivity index (χ2n) is 6.95. The molecular weight excluding hydrogens is 550 g/mol. The van der Waals surface area contributed by atoms with E-state index in [1.165, 1.54) is 29.6 Å². The van der Waals surface area contributed by atoms with Crippen LogP contribution >= 0.6 is 34.4 Å². The van der Waals surface area contributed by atoms with Crippen molar-refractivity contribution < 1.29 is 17.9 Å². The van der Waals surface area contributed by atoms with E-state index in [2.05, 4.69) is 44.3 Å². The molecule has 0 N–H and O–H groups in total. The maximum atomic E-state index is 12.8. The summed E-state index contributed by atoms with van der Waals surface area (Å²) in [4.78, 5) is 8.34. The molecule has 0 atom stereocenters. The Morgan fingerprint density at radius 2 is 1.78 bits per heavy atom. The third kappa shape index (κ3) is 5.03. The number of halogens is 4. The van der Waals surface area contributed by atoms with Gasteiger partial charge in [-0.05, 0) is 60.5 Å². The van der Waals surface area contributed by atoms with Gasteiger partial charge in [-0.15, -0.1) is 0 Å². The highest BCUT2D eigenvalue weighted by Crippen LogP contribution is 2.32. The number of thioether (sulfide) groups is 1. The quantitative estimate of drug-likeness (QED) is 0.136. The molecule has 2 heterocycles. The van der Waals surface area contributed by atoms with Crippen LogP contribution in [0.2, 0.25) is 0 Å². The fourth-order valence-electron chi connectivity index (χ4n) is 3.21. The number of imidazole rings is 1. The van der Waals surface area contributed by atoms with Gasteiger partial charge in [-0.25, -0.2) is 4.98 Å². The smallest absolute Gasteiger partial charge is 0.433 e. The molecule has 0 unspecified atom stereocenters. The van der Waals surface area contributed by atoms with Crippen LogP contribution in [0.5, 0.6) is 5.75 Å². The van der Waals surface area contributed by atoms with Gasteiger partial charge in [-0.2, -0.15) is 13.2 Å². The van der Waals surface area contributed by atoms with Crippen LogP contribution in [-0.4, -0.2) is 21.1 Å². The number of nitrogens with zero attached hydrogens (tertiary/aromatic N) is 3. The standard InChI is InChI=1S/C23H19F3IN3OS/c1-2-31-18-7-5-17(6-8-18)30-20-11-15(12-27)3-9-19(20)29-22(30)32-14-16-4-10-21(28-13-16)23(24,25)26/h3-11,13H,2,12,14H2,1H3. The SMILES string of the molecule is CCOc1ccc(-n2c(SCc3ccc(C(F)(F)F)nc3)nc3ccc(CI)cc32)cc1. The highest BCUT2D eigenvalue weighted by molar-refractivity contribution is 14.1. The van der Waals surface area contributed by atoms with Gasteiger partial charge in [-0.1, -0.05) is 46.5 Å². The van der Waals surface area contributed by atoms with Gasteiger partial charge in [0.2, 0.25) is 0 Å². The molecule has 4 aromatic rings. The second-order valence-corrected chi connectivity index (χ2v) is 8.66. The highest BCUT2D eigenvalue weighted by atomic mass is 127. The number of pyridine rings is 1. The largest absolute Gasteiger partial charge is 0.494 e. The van der Waals surface area contributed by atoms with Gasteiger partial charge in [0, 0.05) is 22.1 Å². The van der Waals surface area contributed by atoms with Crippen molar-refractivity contribution in [3.8, 4) is 11.4 Å². The third-order valence-electron chi connectivity index (χ3n) is 4.73. The number of fused-ring (bicyclic) bond motifs is 1. The van der Waals surface area contributed by atoms with Crippen molar-refractivity contribution in [2.24, 2.45) is 0 Å². The topological polar surface area (TPSA) is 39.9 Å². The van der Waals surface area contributed by atoms with E-state index < -0.39 is 11.9 Å². The fourth-order valence-corrected chi connectivity index (χ4v) is 4.65. The lowest BCUT2D eigenvalue weighted by Crippen LogP contribution is -2.07. The van der Waals surface area contributed by atoms with E-state index in [-0.39, 0.29) is 0 Å². The first-order valence-corrected chi connectivity index (χ1v) is 12.4. The zero-order valence-electron chi connectivity index (χ0n) is 17.1. The maximum absolute atomic E-state index is 12.8. The van der Waals surface area contributed by atoms with Gasteiger partial charge in [0.15, 0.2) is 5.16 Å². The summed E-state index contributed by atoms with van der Waals surface area (Å²) in [6, 6.07) is 16.4. The molecule has 0 fully saturated rings. The molecule has 4 rings (SSSR count). The molecular formula is C23H19F3IN3OS. The number of aromatic nitrogens is 3. The summed E-state index contributed by atoms with van der Waals surface area (Å²) in [6.07, 6.45) is -3.17. The zero-order chi connectivity index (χ0) is 22.7. The van der Waals surface area contributed by atoms with Gasteiger partial charge in [0.1, 0.15) is 11.4 Å². The molecule has 0 aliphatic carbocycles. The average Bonchev–Trinajstić information content (AvgIpc) is 3.15. The Balaban J connectivity index is 1.68. The van der Waals surface area contributed by atoms with Crippen molar-refractivity contribution in [3.63, 3.8) is 0 Å². The number of benzene rings is 2. The normalized spacial score (nSPS) is 11.8. The van der Waals surface area contributed by atoms with Crippen LogP contribution in [0, 0.1) is 0 Å². The van der Waals surface area contributed by atoms with E-state index in [9.17, 15) is 13.2 Å². The minimum atomic E-state index is -4.44. The summed E-state index contributed by atoms with van der Waals surface area (Å²) in [5.74, 6) is 1.24. The summed E-state index contributed by atoms with van der Waals surface area (Å²) < 4.78 is 46.8. The molecule has 4 nitrogen and oxygen atoms in total. The molecule has 0 saturated carbocycles. The minimum absolute atomic E-state index is 0.449. The number of rotatable bonds is 7. The van der Waals surface area contributed by atoms with E-state index >= 15 is 0 Å². The lowest BCUT2D eigenvalue weighted by molar-refractivity contribution is -0.141. The van der Waals surface area contributed by atoms with E-state index in [0.29, 0.717) is 17.9 Å². The molecule has 32 heavy (non-hydrogen) atoms. The van der Waals surface area contributed by atoms with Gasteiger partial charge >= 0.3 is 6.18 Å². The molecule has 9 heteroatoms. The molecule has 0 aliphatic rings. The van der Waals surface area contributed by atoms with Crippen LogP contribution in [0.1, 0.15) is 23.7 Å². The first kappa shape index (κ1) is 22.9. The van der Waals surface area contributed by atoms with E-state index in [4.69, 9.17) is 9.72 Å². The first-order valence-electron chi connectivity index (χ1n) is 9.84. The lowest BCUT2D eigenvalue weighted by Gasteiger charge is -2.11. The van der Waals surface area contributed by atoms with Crippen molar-refractivity contribution in [3.05, 3.63) is 77.6 Å². The van der Waals surface area contributed by atoms with Crippen molar-refractivity contribution in [2.75, 3.05) is 6.61 Å². The van der Waals surface area contributed by atoms with Crippen molar-refractivity contribution in [2.45, 2.75) is 28.4 Å². The molecule has 2 aromatic heterocycles. The summed E-state index contributed by atoms with van der Waals surface area (Å²) in [5, 5.41) is 0.759. The van der Waals surface area contributed by atoms with Crippen molar-refractivity contribution in [1.29, 1.82) is 0 Å². The van der Waals surface area contributed by atoms with Crippen LogP contribution in [0.25, 0.3) is 16.7 Å². The lowest BCUT2D eigenvalue weighted by atomic mass is 10.2. The van der Waals surface area contributed by atoms with Crippen LogP contribution in [0.15, 0.2) is 66.0 Å². The van der Waals surface area contributed by atoms with Gasteiger partial charge in [0.25, 0.3) is 0 Å². The maximum Gasteiger partial charge on any atom is 0.433 e. The van der Waals surface area contributed by atoms with E-state index in [1.807, 2.05) is 37.3 Å². The summed E-state index contributed by atoms with van der Waals surface area (Å²) >= 11 is 3.79. The summed E-state index contributed by atoms with van der Waals surface area (Å²) in [5.41, 5.74) is 3.78. The highest BCUT2D eigenvalue weighted by Gasteiger charge is 2.32. The Kier molecular flexibility index (Phi) is 6.94. The molecule has 0 radical (unpaired) electrons. The average molecular weight is 569 g/mol. The molecule has 0 saturated heterocycles. The predicted molar refractivity (Wildman–Crippen MR) is 129 cm³/mol. The molecule has 166 valence electrons. The van der Waals surface area contributed by atoms with Gasteiger partial charge in [-0.3, -0.25) is 9.55 Å². The third-order valence-corrected chi connectivity index (χ3v) is 6.62. The van der Waals surface area contributed by atoms with Crippen molar-refractivity contribution >= 4 is 45.4 Å². The van der Waals surface area contributed by atoms with Crippen LogP contribution in [-0.2, 0) is 16.4 Å². The minimum Gasteiger partial charge on any atom is -0.494 e. The molecule has 0 spiro atoms. The van der Waals surface area contributed by atoms with Crippen LogP contribution in [0.4, 0.5) is 13.2 Å². The first-order chi connectivity index (χ1) is 15.4. The Morgan fingerprint density at radius 1 is 1.03 bits per heavy atom. The van der Waals surface area contributed by atoms with Crippen LogP contribution in [0.3, 0.4) is 0 Å². The number of alkyl halides is 4. The zero-order valence-corrected chi connectivity index (χ0v) is 20.0. The van der Waals surface area contributed by atoms with Gasteiger partial charge < -0.3 is 4.74 Å². The van der Waals surface area contributed by atoms with Crippen molar-refractivity contribution in [1.82, 2.24) is 14.5 Å². The summed E-state index contributed by atoms with van der Waals surface area (Å²) in [6.45, 7) is 2.53. The molecule has 0 bridgehead atoms. The number of ether oxygens (including phenoxy) is 1. The summed E-state index contributed by atoms with van der Waals surface area (Å²) in [7, 11) is 0. The molecule has 0 amide bonds. The van der Waals surface area contributed by atoms with Gasteiger partial charge in [0.05, 0.1) is 17.6 Å². The fraction of sp³-hybridized carbons (Fsp3) is 0.217. The second kappa shape index (κ2) is 9.70. The Bertz CT molecular complexity index is 1210. The number of hydrogen-bond acceptors (Lipinski definition) is 4. The molecule has 0 aliphatic heterocycles. The monoisotopic (exact) mass is 569 g/mol. The Hall–Kier alpha value is -2.27. The van der Waals surface area contributed by atoms with Crippen LogP contribution < -0.4 is 4.74 Å². The van der Waals surface area contributed by atoms with E-state index in [0.717, 1.165) is 38.1 Å². The Morgan fingerprint density at radius 3 is 2.41 bits per heavy atom. The van der Waals surface area contributed by atoms with E-state index in [1.54, 1.807) is 0 Å².